The Morgan fingerprint density at radius 3 is 2.85 bits per heavy atom. The number of amides is 1. The van der Waals surface area contributed by atoms with E-state index in [0.717, 1.165) is 11.8 Å². The molecule has 1 atom stereocenters. The van der Waals surface area contributed by atoms with Crippen LogP contribution in [-0.4, -0.2) is 33.9 Å². The van der Waals surface area contributed by atoms with E-state index in [4.69, 9.17) is 11.3 Å². The molecule has 1 heterocycles. The quantitative estimate of drug-likeness (QED) is 0.268. The minimum absolute atomic E-state index is 0.136. The Balaban J connectivity index is 2.68. The maximum atomic E-state index is 11.2. The Kier molecular flexibility index (Phi) is 2.89. The highest BCUT2D eigenvalue weighted by Gasteiger charge is 2.41. The SMILES string of the molecule is CCOC(=O)C1SC(=N)N(N)C1=O. The lowest BCUT2D eigenvalue weighted by molar-refractivity contribution is -0.146. The van der Waals surface area contributed by atoms with E-state index < -0.39 is 17.1 Å². The number of esters is 1. The smallest absolute Gasteiger partial charge is 0.329 e. The summed E-state index contributed by atoms with van der Waals surface area (Å²) in [6.07, 6.45) is 0. The van der Waals surface area contributed by atoms with E-state index in [1.165, 1.54) is 0 Å². The molecule has 0 aliphatic carbocycles. The molecule has 3 N–H and O–H groups in total. The molecule has 0 saturated carbocycles. The highest BCUT2D eigenvalue weighted by molar-refractivity contribution is 8.16. The molecule has 1 aliphatic rings. The summed E-state index contributed by atoms with van der Waals surface area (Å²) < 4.78 is 4.63. The van der Waals surface area contributed by atoms with Gasteiger partial charge in [0.25, 0.3) is 5.91 Å². The second-order valence-electron chi connectivity index (χ2n) is 2.26. The van der Waals surface area contributed by atoms with Crippen LogP contribution >= 0.6 is 11.8 Å². The summed E-state index contributed by atoms with van der Waals surface area (Å²) in [5.74, 6) is 3.93. The number of rotatable bonds is 2. The normalized spacial score (nSPS) is 22.3. The van der Waals surface area contributed by atoms with Gasteiger partial charge in [-0.3, -0.25) is 15.0 Å². The van der Waals surface area contributed by atoms with Crippen molar-refractivity contribution < 1.29 is 14.3 Å². The summed E-state index contributed by atoms with van der Waals surface area (Å²) in [5, 5.41) is 6.68. The van der Waals surface area contributed by atoms with Crippen molar-refractivity contribution in [1.82, 2.24) is 5.01 Å². The van der Waals surface area contributed by atoms with Crippen molar-refractivity contribution in [2.75, 3.05) is 6.61 Å². The van der Waals surface area contributed by atoms with Crippen LogP contribution < -0.4 is 5.84 Å². The van der Waals surface area contributed by atoms with Gasteiger partial charge in [0.15, 0.2) is 10.4 Å². The van der Waals surface area contributed by atoms with Crippen molar-refractivity contribution in [3.8, 4) is 0 Å². The predicted octanol–water partition coefficient (Wildman–Crippen LogP) is -0.698. The molecule has 7 heteroatoms. The first-order chi connectivity index (χ1) is 6.07. The second kappa shape index (κ2) is 3.75. The van der Waals surface area contributed by atoms with Gasteiger partial charge in [0.2, 0.25) is 0 Å². The maximum Gasteiger partial charge on any atom is 0.329 e. The molecule has 1 fully saturated rings. The Morgan fingerprint density at radius 1 is 1.85 bits per heavy atom. The van der Waals surface area contributed by atoms with Gasteiger partial charge in [-0.25, -0.2) is 10.9 Å². The number of amidine groups is 1. The van der Waals surface area contributed by atoms with Gasteiger partial charge in [-0.2, -0.15) is 0 Å². The Bertz CT molecular complexity index is 268. The fourth-order valence-corrected chi connectivity index (χ4v) is 1.62. The third kappa shape index (κ3) is 1.81. The molecular formula is C6H9N3O3S. The van der Waals surface area contributed by atoms with Crippen molar-refractivity contribution in [3.63, 3.8) is 0 Å². The number of hydrogen-bond acceptors (Lipinski definition) is 6. The zero-order valence-electron chi connectivity index (χ0n) is 6.94. The van der Waals surface area contributed by atoms with Crippen LogP contribution in [-0.2, 0) is 14.3 Å². The fourth-order valence-electron chi connectivity index (χ4n) is 0.812. The standard InChI is InChI=1S/C6H9N3O3S/c1-2-12-5(11)3-4(10)9(8)6(7)13-3/h3,7H,2,8H2,1H3. The zero-order valence-corrected chi connectivity index (χ0v) is 7.76. The molecule has 1 aliphatic heterocycles. The third-order valence-electron chi connectivity index (χ3n) is 1.41. The van der Waals surface area contributed by atoms with Crippen molar-refractivity contribution in [3.05, 3.63) is 0 Å². The molecule has 1 unspecified atom stereocenters. The van der Waals surface area contributed by atoms with Crippen molar-refractivity contribution in [2.24, 2.45) is 5.84 Å². The van der Waals surface area contributed by atoms with E-state index in [0.29, 0.717) is 5.01 Å². The van der Waals surface area contributed by atoms with Crippen molar-refractivity contribution in [2.45, 2.75) is 12.2 Å². The molecule has 1 rings (SSSR count). The first kappa shape index (κ1) is 10.0. The maximum absolute atomic E-state index is 11.2. The lowest BCUT2D eigenvalue weighted by Gasteiger charge is -2.06. The molecule has 0 aromatic carbocycles. The number of hydrogen-bond donors (Lipinski definition) is 2. The van der Waals surface area contributed by atoms with Crippen LogP contribution in [0.15, 0.2) is 0 Å². The number of ether oxygens (including phenoxy) is 1. The summed E-state index contributed by atoms with van der Waals surface area (Å²) in [4.78, 5) is 22.3. The Labute approximate surface area is 78.9 Å². The second-order valence-corrected chi connectivity index (χ2v) is 3.36. The highest BCUT2D eigenvalue weighted by Crippen LogP contribution is 2.24. The van der Waals surface area contributed by atoms with Gasteiger partial charge in [0.05, 0.1) is 6.61 Å². The van der Waals surface area contributed by atoms with Crippen LogP contribution in [0.4, 0.5) is 0 Å². The fraction of sp³-hybridized carbons (Fsp3) is 0.500. The Morgan fingerprint density at radius 2 is 2.46 bits per heavy atom. The molecule has 0 radical (unpaired) electrons. The van der Waals surface area contributed by atoms with Gasteiger partial charge in [-0.15, -0.1) is 0 Å². The molecule has 72 valence electrons. The van der Waals surface area contributed by atoms with Gasteiger partial charge < -0.3 is 4.74 Å². The molecule has 0 aromatic heterocycles. The molecule has 0 spiro atoms. The van der Waals surface area contributed by atoms with Gasteiger partial charge in [-0.1, -0.05) is 11.8 Å². The van der Waals surface area contributed by atoms with Gasteiger partial charge in [0, 0.05) is 0 Å². The Hall–Kier alpha value is -1.08. The molecule has 13 heavy (non-hydrogen) atoms. The average molecular weight is 203 g/mol. The van der Waals surface area contributed by atoms with Crippen molar-refractivity contribution >= 4 is 28.8 Å². The molecule has 1 saturated heterocycles. The monoisotopic (exact) mass is 203 g/mol. The first-order valence-corrected chi connectivity index (χ1v) is 4.46. The van der Waals surface area contributed by atoms with Gasteiger partial charge in [0.1, 0.15) is 0 Å². The topological polar surface area (TPSA) is 96.5 Å². The first-order valence-electron chi connectivity index (χ1n) is 3.58. The van der Waals surface area contributed by atoms with E-state index in [9.17, 15) is 9.59 Å². The van der Waals surface area contributed by atoms with Crippen molar-refractivity contribution in [1.29, 1.82) is 5.41 Å². The third-order valence-corrected chi connectivity index (χ3v) is 2.46. The zero-order chi connectivity index (χ0) is 10.0. The molecule has 1 amide bonds. The molecular weight excluding hydrogens is 194 g/mol. The lowest BCUT2D eigenvalue weighted by Crippen LogP contribution is -2.40. The van der Waals surface area contributed by atoms with Crippen LogP contribution in [0.2, 0.25) is 0 Å². The summed E-state index contributed by atoms with van der Waals surface area (Å²) >= 11 is 0.790. The van der Waals surface area contributed by atoms with Crippen LogP contribution in [0.5, 0.6) is 0 Å². The van der Waals surface area contributed by atoms with E-state index in [-0.39, 0.29) is 11.8 Å². The molecule has 0 aromatic rings. The van der Waals surface area contributed by atoms with E-state index in [2.05, 4.69) is 4.74 Å². The number of hydrazine groups is 1. The van der Waals surface area contributed by atoms with Gasteiger partial charge in [-0.05, 0) is 6.92 Å². The summed E-state index contributed by atoms with van der Waals surface area (Å²) in [6.45, 7) is 1.86. The van der Waals surface area contributed by atoms with Crippen LogP contribution in [0, 0.1) is 5.41 Å². The average Bonchev–Trinajstić information content (AvgIpc) is 2.33. The van der Waals surface area contributed by atoms with Crippen LogP contribution in [0.25, 0.3) is 0 Å². The summed E-state index contributed by atoms with van der Waals surface area (Å²) in [6, 6.07) is 0. The van der Waals surface area contributed by atoms with Crippen LogP contribution in [0.3, 0.4) is 0 Å². The number of nitrogens with zero attached hydrogens (tertiary/aromatic N) is 1. The lowest BCUT2D eigenvalue weighted by atomic mass is 10.4. The highest BCUT2D eigenvalue weighted by atomic mass is 32.2. The summed E-state index contributed by atoms with van der Waals surface area (Å²) in [5.41, 5.74) is 0. The number of carbonyl (C=O) groups is 2. The number of carbonyl (C=O) groups excluding carboxylic acids is 2. The largest absolute Gasteiger partial charge is 0.465 e. The minimum atomic E-state index is -1.00. The predicted molar refractivity (Wildman–Crippen MR) is 46.8 cm³/mol. The number of nitrogens with one attached hydrogen (secondary N) is 1. The van der Waals surface area contributed by atoms with E-state index in [1.54, 1.807) is 6.92 Å². The molecule has 0 bridgehead atoms. The minimum Gasteiger partial charge on any atom is -0.465 e. The van der Waals surface area contributed by atoms with E-state index in [1.807, 2.05) is 0 Å². The van der Waals surface area contributed by atoms with Crippen LogP contribution in [0.1, 0.15) is 6.92 Å². The van der Waals surface area contributed by atoms with Gasteiger partial charge >= 0.3 is 5.97 Å². The molecule has 6 nitrogen and oxygen atoms in total. The number of thioether (sulfide) groups is 1. The number of nitrogens with two attached hydrogens (primary N) is 1. The summed E-state index contributed by atoms with van der Waals surface area (Å²) in [7, 11) is 0. The van der Waals surface area contributed by atoms with E-state index >= 15 is 0 Å².